The molecule has 2 aromatic heterocycles. The Kier molecular flexibility index (Phi) is 7.17. The second-order valence-electron chi connectivity index (χ2n) is 8.40. The van der Waals surface area contributed by atoms with Gasteiger partial charge in [0.15, 0.2) is 17.0 Å². The fourth-order valence-corrected chi connectivity index (χ4v) is 4.98. The smallest absolute Gasteiger partial charge is 0.264 e. The van der Waals surface area contributed by atoms with Crippen LogP contribution in [0.3, 0.4) is 0 Å². The van der Waals surface area contributed by atoms with Gasteiger partial charge in [-0.2, -0.15) is 8.42 Å². The minimum atomic E-state index is -3.68. The van der Waals surface area contributed by atoms with Crippen molar-refractivity contribution in [2.45, 2.75) is 25.2 Å². The van der Waals surface area contributed by atoms with E-state index in [-0.39, 0.29) is 36.4 Å². The molecule has 1 saturated heterocycles. The zero-order valence-electron chi connectivity index (χ0n) is 19.1. The first-order valence-electron chi connectivity index (χ1n) is 10.7. The molecule has 1 aliphatic rings. The topological polar surface area (TPSA) is 159 Å². The van der Waals surface area contributed by atoms with Crippen LogP contribution < -0.4 is 5.32 Å². The minimum absolute atomic E-state index is 0.109. The molecular weight excluding hydrogens is 498 g/mol. The van der Waals surface area contributed by atoms with Crippen LogP contribution in [0, 0.1) is 5.92 Å². The molecule has 3 heterocycles. The lowest BCUT2D eigenvalue weighted by Gasteiger charge is -2.17. The number of aromatic nitrogens is 4. The number of fused-ring (bicyclic) bond motifs is 1. The van der Waals surface area contributed by atoms with E-state index in [1.807, 2.05) is 0 Å². The van der Waals surface area contributed by atoms with E-state index in [9.17, 15) is 21.6 Å². The summed E-state index contributed by atoms with van der Waals surface area (Å²) in [6.45, 7) is -0.135. The van der Waals surface area contributed by atoms with Crippen molar-refractivity contribution >= 4 is 42.8 Å². The van der Waals surface area contributed by atoms with Crippen LogP contribution in [0.4, 0.5) is 5.82 Å². The highest BCUT2D eigenvalue weighted by Crippen LogP contribution is 2.37. The van der Waals surface area contributed by atoms with Crippen LogP contribution in [-0.4, -0.2) is 73.2 Å². The summed E-state index contributed by atoms with van der Waals surface area (Å²) in [5, 5.41) is 2.74. The maximum absolute atomic E-state index is 12.6. The van der Waals surface area contributed by atoms with Gasteiger partial charge in [-0.05, 0) is 18.6 Å². The lowest BCUT2D eigenvalue weighted by atomic mass is 10.0. The predicted molar refractivity (Wildman–Crippen MR) is 127 cm³/mol. The van der Waals surface area contributed by atoms with Crippen molar-refractivity contribution in [1.29, 1.82) is 0 Å². The zero-order valence-corrected chi connectivity index (χ0v) is 20.7. The van der Waals surface area contributed by atoms with E-state index >= 15 is 0 Å². The van der Waals surface area contributed by atoms with Crippen molar-refractivity contribution in [3.05, 3.63) is 48.5 Å². The average molecular weight is 524 g/mol. The maximum Gasteiger partial charge on any atom is 0.264 e. The number of anilines is 1. The first-order chi connectivity index (χ1) is 16.5. The number of hydrogen-bond donors (Lipinski definition) is 1. The van der Waals surface area contributed by atoms with Crippen molar-refractivity contribution in [2.24, 2.45) is 5.92 Å². The molecule has 1 N–H and O–H groups in total. The summed E-state index contributed by atoms with van der Waals surface area (Å²) in [6.07, 6.45) is 4.28. The molecular formula is C21H25N5O7S2. The summed E-state index contributed by atoms with van der Waals surface area (Å²) in [5.74, 6) is -0.599. The van der Waals surface area contributed by atoms with E-state index < -0.39 is 32.3 Å². The van der Waals surface area contributed by atoms with Crippen LogP contribution in [0.25, 0.3) is 11.2 Å². The van der Waals surface area contributed by atoms with Gasteiger partial charge in [-0.25, -0.2) is 23.4 Å². The molecule has 0 radical (unpaired) electrons. The second kappa shape index (κ2) is 9.97. The molecule has 188 valence electrons. The minimum Gasteiger partial charge on any atom is -0.354 e. The summed E-state index contributed by atoms with van der Waals surface area (Å²) in [4.78, 5) is 25.3. The van der Waals surface area contributed by atoms with Gasteiger partial charge in [0.2, 0.25) is 0 Å². The number of carbonyl (C=O) groups is 1. The van der Waals surface area contributed by atoms with Crippen molar-refractivity contribution < 1.29 is 30.6 Å². The van der Waals surface area contributed by atoms with Crippen LogP contribution in [-0.2, 0) is 28.9 Å². The number of ether oxygens (including phenoxy) is 1. The molecule has 1 amide bonds. The molecule has 0 unspecified atom stereocenters. The van der Waals surface area contributed by atoms with Gasteiger partial charge in [-0.3, -0.25) is 13.5 Å². The molecule has 1 aromatic carbocycles. The largest absolute Gasteiger partial charge is 0.354 e. The molecule has 14 heteroatoms. The van der Waals surface area contributed by atoms with Crippen LogP contribution in [0.5, 0.6) is 0 Å². The molecule has 4 rings (SSSR count). The summed E-state index contributed by atoms with van der Waals surface area (Å²) in [5.41, 5.74) is 1.21. The van der Waals surface area contributed by atoms with Gasteiger partial charge < -0.3 is 10.1 Å². The van der Waals surface area contributed by atoms with Crippen LogP contribution in [0.1, 0.15) is 29.4 Å². The van der Waals surface area contributed by atoms with Gasteiger partial charge in [0.25, 0.3) is 16.0 Å². The molecule has 0 bridgehead atoms. The highest BCUT2D eigenvalue weighted by molar-refractivity contribution is 7.90. The molecule has 35 heavy (non-hydrogen) atoms. The number of hydrogen-bond acceptors (Lipinski definition) is 10. The number of amides is 1. The quantitative estimate of drug-likeness (QED) is 0.406. The standard InChI is InChI=1S/C21H25N5O7S2/c1-34(28,29)9-8-16-15(11-32-35(2,30)31)10-17(33-16)26-13-24-18-19(22-12-23-20(18)26)25-21(27)14-6-4-3-5-7-14/h3-7,12-13,15-17H,8-11H2,1-2H3,(H,22,23,25,27)/t15-,16-,17-/m1/s1. The Bertz CT molecular complexity index is 1380. The Morgan fingerprint density at radius 2 is 1.89 bits per heavy atom. The third-order valence-electron chi connectivity index (χ3n) is 5.57. The zero-order chi connectivity index (χ0) is 25.2. The summed E-state index contributed by atoms with van der Waals surface area (Å²) >= 11 is 0. The second-order valence-corrected chi connectivity index (χ2v) is 12.3. The Labute approximate surface area is 202 Å². The molecule has 1 aliphatic heterocycles. The number of imidazole rings is 1. The molecule has 0 spiro atoms. The van der Waals surface area contributed by atoms with Crippen LogP contribution in [0.2, 0.25) is 0 Å². The molecule has 3 aromatic rings. The van der Waals surface area contributed by atoms with Crippen molar-refractivity contribution in [3.8, 4) is 0 Å². The van der Waals surface area contributed by atoms with Crippen molar-refractivity contribution in [3.63, 3.8) is 0 Å². The first kappa shape index (κ1) is 25.2. The van der Waals surface area contributed by atoms with Crippen LogP contribution >= 0.6 is 0 Å². The molecule has 0 aliphatic carbocycles. The Morgan fingerprint density at radius 1 is 1.14 bits per heavy atom. The molecule has 12 nitrogen and oxygen atoms in total. The predicted octanol–water partition coefficient (Wildman–Crippen LogP) is 1.39. The van der Waals surface area contributed by atoms with E-state index in [1.54, 1.807) is 34.9 Å². The highest BCUT2D eigenvalue weighted by atomic mass is 32.2. The van der Waals surface area contributed by atoms with E-state index in [4.69, 9.17) is 8.92 Å². The van der Waals surface area contributed by atoms with Gasteiger partial charge in [0.05, 0.1) is 31.0 Å². The monoisotopic (exact) mass is 523 g/mol. The third kappa shape index (κ3) is 6.39. The lowest BCUT2D eigenvalue weighted by Crippen LogP contribution is -2.24. The van der Waals surface area contributed by atoms with Crippen molar-refractivity contribution in [1.82, 2.24) is 19.5 Å². The van der Waals surface area contributed by atoms with E-state index in [2.05, 4.69) is 20.3 Å². The first-order valence-corrected chi connectivity index (χ1v) is 14.6. The summed E-state index contributed by atoms with van der Waals surface area (Å²) in [6, 6.07) is 8.66. The summed E-state index contributed by atoms with van der Waals surface area (Å²) in [7, 11) is -6.92. The highest BCUT2D eigenvalue weighted by Gasteiger charge is 2.38. The lowest BCUT2D eigenvalue weighted by molar-refractivity contribution is -0.00686. The van der Waals surface area contributed by atoms with E-state index in [0.717, 1.165) is 12.5 Å². The number of nitrogens with zero attached hydrogens (tertiary/aromatic N) is 4. The molecule has 3 atom stereocenters. The molecule has 0 saturated carbocycles. The fraction of sp³-hybridized carbons (Fsp3) is 0.429. The van der Waals surface area contributed by atoms with Crippen molar-refractivity contribution in [2.75, 3.05) is 30.2 Å². The Balaban J connectivity index is 1.57. The summed E-state index contributed by atoms with van der Waals surface area (Å²) < 4.78 is 59.1. The normalized spacial score (nSPS) is 20.8. The molecule has 1 fully saturated rings. The fourth-order valence-electron chi connectivity index (χ4n) is 3.90. The Morgan fingerprint density at radius 3 is 2.57 bits per heavy atom. The average Bonchev–Trinajstić information content (AvgIpc) is 3.40. The number of benzene rings is 1. The van der Waals surface area contributed by atoms with Gasteiger partial charge in [-0.15, -0.1) is 0 Å². The Hall–Kier alpha value is -2.94. The van der Waals surface area contributed by atoms with Gasteiger partial charge in [0, 0.05) is 24.2 Å². The van der Waals surface area contributed by atoms with Gasteiger partial charge >= 0.3 is 0 Å². The van der Waals surface area contributed by atoms with Gasteiger partial charge in [0.1, 0.15) is 22.4 Å². The number of nitrogens with one attached hydrogen (secondary N) is 1. The SMILES string of the molecule is CS(=O)(=O)CC[C@H]1O[C@@H](n2cnc3c(NC(=O)c4ccccc4)ncnc32)C[C@@H]1COS(C)(=O)=O. The number of sulfone groups is 1. The third-order valence-corrected chi connectivity index (χ3v) is 7.11. The number of carbonyl (C=O) groups excluding carboxylic acids is 1. The maximum atomic E-state index is 12.6. The van der Waals surface area contributed by atoms with E-state index in [1.165, 1.54) is 12.7 Å². The van der Waals surface area contributed by atoms with E-state index in [0.29, 0.717) is 23.1 Å². The number of rotatable bonds is 9. The van der Waals surface area contributed by atoms with Gasteiger partial charge in [-0.1, -0.05) is 18.2 Å². The van der Waals surface area contributed by atoms with Crippen LogP contribution in [0.15, 0.2) is 43.0 Å².